The lowest BCUT2D eigenvalue weighted by atomic mass is 10.1. The number of fused-ring (bicyclic) bond motifs is 1. The van der Waals surface area contributed by atoms with Gasteiger partial charge in [0.15, 0.2) is 0 Å². The van der Waals surface area contributed by atoms with Gasteiger partial charge in [0, 0.05) is 11.6 Å². The highest BCUT2D eigenvalue weighted by atomic mass is 16.5. The van der Waals surface area contributed by atoms with E-state index in [1.54, 1.807) is 7.11 Å². The van der Waals surface area contributed by atoms with E-state index in [1.807, 2.05) is 54.7 Å². The molecule has 0 N–H and O–H groups in total. The van der Waals surface area contributed by atoms with Gasteiger partial charge in [-0.1, -0.05) is 48.5 Å². The molecule has 3 aromatic carbocycles. The SMILES string of the molecule is COc1cccc(/C=N/c2cccc3ccccc23)c1. The van der Waals surface area contributed by atoms with Crippen LogP contribution in [0, 0.1) is 0 Å². The molecule has 0 amide bonds. The zero-order valence-electron chi connectivity index (χ0n) is 11.3. The van der Waals surface area contributed by atoms with Crippen molar-refractivity contribution < 1.29 is 4.74 Å². The summed E-state index contributed by atoms with van der Waals surface area (Å²) in [6, 6.07) is 22.3. The van der Waals surface area contributed by atoms with Crippen molar-refractivity contribution in [1.82, 2.24) is 0 Å². The molecule has 3 aromatic rings. The van der Waals surface area contributed by atoms with E-state index in [2.05, 4.69) is 23.2 Å². The van der Waals surface area contributed by atoms with Gasteiger partial charge in [-0.2, -0.15) is 0 Å². The molecule has 0 unspecified atom stereocenters. The van der Waals surface area contributed by atoms with Crippen molar-refractivity contribution in [2.45, 2.75) is 0 Å². The first kappa shape index (κ1) is 12.4. The van der Waals surface area contributed by atoms with Crippen molar-refractivity contribution in [3.8, 4) is 5.75 Å². The fourth-order valence-corrected chi connectivity index (χ4v) is 2.19. The highest BCUT2D eigenvalue weighted by Gasteiger charge is 1.98. The second-order valence-corrected chi connectivity index (χ2v) is 4.53. The van der Waals surface area contributed by atoms with Crippen LogP contribution in [0.15, 0.2) is 71.7 Å². The van der Waals surface area contributed by atoms with E-state index in [1.165, 1.54) is 5.39 Å². The Morgan fingerprint density at radius 2 is 1.70 bits per heavy atom. The Balaban J connectivity index is 1.98. The summed E-state index contributed by atoms with van der Waals surface area (Å²) in [6.07, 6.45) is 1.87. The zero-order chi connectivity index (χ0) is 13.8. The molecular formula is C18H15NO. The summed E-state index contributed by atoms with van der Waals surface area (Å²) in [7, 11) is 1.67. The van der Waals surface area contributed by atoms with Gasteiger partial charge in [0.25, 0.3) is 0 Å². The number of nitrogens with zero attached hydrogens (tertiary/aromatic N) is 1. The first-order valence-electron chi connectivity index (χ1n) is 6.53. The summed E-state index contributed by atoms with van der Waals surface area (Å²) in [4.78, 5) is 4.60. The standard InChI is InChI=1S/C18H15NO/c1-20-16-9-4-6-14(12-16)13-19-18-11-5-8-15-7-2-3-10-17(15)18/h2-13H,1H3/b19-13+. The maximum absolute atomic E-state index is 5.22. The molecule has 0 bridgehead atoms. The zero-order valence-corrected chi connectivity index (χ0v) is 11.3. The topological polar surface area (TPSA) is 21.6 Å². The lowest BCUT2D eigenvalue weighted by Gasteiger charge is -2.02. The Kier molecular flexibility index (Phi) is 3.46. The molecule has 0 saturated carbocycles. The molecule has 0 atom stereocenters. The maximum Gasteiger partial charge on any atom is 0.119 e. The Hall–Kier alpha value is -2.61. The van der Waals surface area contributed by atoms with Crippen LogP contribution in [0.3, 0.4) is 0 Å². The van der Waals surface area contributed by atoms with Crippen LogP contribution >= 0.6 is 0 Å². The second kappa shape index (κ2) is 5.57. The molecule has 0 aliphatic carbocycles. The molecule has 2 heteroatoms. The molecule has 0 heterocycles. The second-order valence-electron chi connectivity index (χ2n) is 4.53. The molecule has 0 radical (unpaired) electrons. The molecule has 0 aromatic heterocycles. The van der Waals surface area contributed by atoms with Crippen LogP contribution in [0.5, 0.6) is 5.75 Å². The van der Waals surface area contributed by atoms with Gasteiger partial charge in [-0.05, 0) is 29.1 Å². The van der Waals surface area contributed by atoms with E-state index in [0.29, 0.717) is 0 Å². The normalized spacial score (nSPS) is 11.1. The van der Waals surface area contributed by atoms with Crippen LogP contribution in [-0.2, 0) is 0 Å². The molecule has 0 spiro atoms. The number of aliphatic imine (C=N–C) groups is 1. The average Bonchev–Trinajstić information content (AvgIpc) is 2.53. The first-order valence-corrected chi connectivity index (χ1v) is 6.53. The van der Waals surface area contributed by atoms with E-state index in [4.69, 9.17) is 4.74 Å². The number of hydrogen-bond donors (Lipinski definition) is 0. The Morgan fingerprint density at radius 3 is 2.60 bits per heavy atom. The Labute approximate surface area is 118 Å². The lowest BCUT2D eigenvalue weighted by molar-refractivity contribution is 0.415. The van der Waals surface area contributed by atoms with Gasteiger partial charge in [-0.15, -0.1) is 0 Å². The van der Waals surface area contributed by atoms with Gasteiger partial charge in [0.05, 0.1) is 12.8 Å². The molecule has 3 rings (SSSR count). The van der Waals surface area contributed by atoms with Crippen molar-refractivity contribution in [2.75, 3.05) is 7.11 Å². The van der Waals surface area contributed by atoms with Crippen LogP contribution in [0.1, 0.15) is 5.56 Å². The monoisotopic (exact) mass is 261 g/mol. The van der Waals surface area contributed by atoms with Crippen molar-refractivity contribution in [2.24, 2.45) is 4.99 Å². The number of rotatable bonds is 3. The number of methoxy groups -OCH3 is 1. The van der Waals surface area contributed by atoms with Gasteiger partial charge in [-0.3, -0.25) is 4.99 Å². The highest BCUT2D eigenvalue weighted by Crippen LogP contribution is 2.25. The fourth-order valence-electron chi connectivity index (χ4n) is 2.19. The van der Waals surface area contributed by atoms with Crippen molar-refractivity contribution in [1.29, 1.82) is 0 Å². The van der Waals surface area contributed by atoms with Crippen molar-refractivity contribution in [3.63, 3.8) is 0 Å². The first-order chi connectivity index (χ1) is 9.86. The lowest BCUT2D eigenvalue weighted by Crippen LogP contribution is -1.85. The predicted octanol–water partition coefficient (Wildman–Crippen LogP) is 4.60. The molecule has 0 aliphatic heterocycles. The predicted molar refractivity (Wildman–Crippen MR) is 84.2 cm³/mol. The highest BCUT2D eigenvalue weighted by molar-refractivity contribution is 5.95. The molecule has 0 fully saturated rings. The van der Waals surface area contributed by atoms with Crippen LogP contribution in [0.25, 0.3) is 10.8 Å². The van der Waals surface area contributed by atoms with Gasteiger partial charge >= 0.3 is 0 Å². The summed E-state index contributed by atoms with van der Waals surface area (Å²) < 4.78 is 5.22. The van der Waals surface area contributed by atoms with Gasteiger partial charge in [0.2, 0.25) is 0 Å². The van der Waals surface area contributed by atoms with Crippen LogP contribution in [0.4, 0.5) is 5.69 Å². The Bertz CT molecular complexity index is 757. The largest absolute Gasteiger partial charge is 0.497 e. The van der Waals surface area contributed by atoms with Gasteiger partial charge in [-0.25, -0.2) is 0 Å². The summed E-state index contributed by atoms with van der Waals surface area (Å²) in [5.74, 6) is 0.840. The third kappa shape index (κ3) is 2.54. The number of ether oxygens (including phenoxy) is 1. The van der Waals surface area contributed by atoms with Gasteiger partial charge in [0.1, 0.15) is 5.75 Å². The third-order valence-electron chi connectivity index (χ3n) is 3.21. The summed E-state index contributed by atoms with van der Waals surface area (Å²) >= 11 is 0. The van der Waals surface area contributed by atoms with E-state index in [0.717, 1.165) is 22.4 Å². The van der Waals surface area contributed by atoms with Crippen LogP contribution in [0.2, 0.25) is 0 Å². The van der Waals surface area contributed by atoms with Crippen LogP contribution < -0.4 is 4.74 Å². The van der Waals surface area contributed by atoms with Crippen LogP contribution in [-0.4, -0.2) is 13.3 Å². The summed E-state index contributed by atoms with van der Waals surface area (Å²) in [6.45, 7) is 0. The molecule has 20 heavy (non-hydrogen) atoms. The van der Waals surface area contributed by atoms with E-state index < -0.39 is 0 Å². The number of benzene rings is 3. The Morgan fingerprint density at radius 1 is 0.900 bits per heavy atom. The van der Waals surface area contributed by atoms with E-state index in [-0.39, 0.29) is 0 Å². The smallest absolute Gasteiger partial charge is 0.119 e. The molecule has 98 valence electrons. The molecular weight excluding hydrogens is 246 g/mol. The van der Waals surface area contributed by atoms with Crippen molar-refractivity contribution >= 4 is 22.7 Å². The van der Waals surface area contributed by atoms with Gasteiger partial charge < -0.3 is 4.74 Å². The fraction of sp³-hybridized carbons (Fsp3) is 0.0556. The summed E-state index contributed by atoms with van der Waals surface area (Å²) in [5, 5.41) is 2.36. The minimum atomic E-state index is 0.840. The van der Waals surface area contributed by atoms with Crippen molar-refractivity contribution in [3.05, 3.63) is 72.3 Å². The quantitative estimate of drug-likeness (QED) is 0.631. The minimum Gasteiger partial charge on any atom is -0.497 e. The maximum atomic E-state index is 5.22. The van der Waals surface area contributed by atoms with E-state index in [9.17, 15) is 0 Å². The molecule has 2 nitrogen and oxygen atoms in total. The van der Waals surface area contributed by atoms with E-state index >= 15 is 0 Å². The average molecular weight is 261 g/mol. The third-order valence-corrected chi connectivity index (χ3v) is 3.21. The number of hydrogen-bond acceptors (Lipinski definition) is 2. The molecule has 0 saturated heterocycles. The summed E-state index contributed by atoms with van der Waals surface area (Å²) in [5.41, 5.74) is 2.00. The minimum absolute atomic E-state index is 0.840. The molecule has 0 aliphatic rings.